The third-order valence-corrected chi connectivity index (χ3v) is 6.37. The van der Waals surface area contributed by atoms with Gasteiger partial charge in [0.05, 0.1) is 10.5 Å². The molecule has 0 aromatic heterocycles. The van der Waals surface area contributed by atoms with E-state index in [1.54, 1.807) is 0 Å². The minimum Gasteiger partial charge on any atom is -0.478 e. The van der Waals surface area contributed by atoms with Crippen LogP contribution in [0.5, 0.6) is 0 Å². The van der Waals surface area contributed by atoms with Crippen LogP contribution >= 0.6 is 15.9 Å². The van der Waals surface area contributed by atoms with Crippen molar-refractivity contribution in [3.63, 3.8) is 0 Å². The molecule has 1 saturated carbocycles. The first kappa shape index (κ1) is 16.5. The van der Waals surface area contributed by atoms with Crippen LogP contribution < -0.4 is 4.72 Å². The molecular formula is C14H18BrNO4S. The van der Waals surface area contributed by atoms with Crippen LogP contribution in [-0.4, -0.2) is 26.0 Å². The minimum atomic E-state index is -3.69. The van der Waals surface area contributed by atoms with E-state index in [1.165, 1.54) is 18.2 Å². The second kappa shape index (κ2) is 6.06. The van der Waals surface area contributed by atoms with E-state index in [9.17, 15) is 13.2 Å². The molecule has 0 radical (unpaired) electrons. The normalized spacial score (nSPS) is 17.2. The van der Waals surface area contributed by atoms with E-state index in [0.29, 0.717) is 11.0 Å². The molecule has 2 rings (SSSR count). The number of nitrogens with one attached hydrogen (secondary N) is 1. The van der Waals surface area contributed by atoms with E-state index >= 15 is 0 Å². The van der Waals surface area contributed by atoms with Crippen LogP contribution in [0.2, 0.25) is 0 Å². The summed E-state index contributed by atoms with van der Waals surface area (Å²) < 4.78 is 27.6. The van der Waals surface area contributed by atoms with E-state index in [4.69, 9.17) is 5.11 Å². The average molecular weight is 376 g/mol. The molecule has 2 N–H and O–H groups in total. The first-order valence-electron chi connectivity index (χ1n) is 6.82. The average Bonchev–Trinajstić information content (AvgIpc) is 2.37. The largest absolute Gasteiger partial charge is 0.478 e. The highest BCUT2D eigenvalue weighted by Crippen LogP contribution is 2.43. The topological polar surface area (TPSA) is 83.5 Å². The summed E-state index contributed by atoms with van der Waals surface area (Å²) >= 11 is 3.10. The van der Waals surface area contributed by atoms with Crippen LogP contribution in [0.15, 0.2) is 27.6 Å². The molecule has 0 bridgehead atoms. The first-order chi connectivity index (χ1) is 9.80. The van der Waals surface area contributed by atoms with E-state index in [-0.39, 0.29) is 15.9 Å². The standard InChI is InChI=1S/C14H18BrNO4S/c1-2-14(6-3-7-14)9-16-21(19,20)10-4-5-12(15)11(8-10)13(17)18/h4-5,8,16H,2-3,6-7,9H2,1H3,(H,17,18). The van der Waals surface area contributed by atoms with Crippen LogP contribution in [0.25, 0.3) is 0 Å². The predicted octanol–water partition coefficient (Wildman–Crippen LogP) is 3.01. The summed E-state index contributed by atoms with van der Waals surface area (Å²) in [7, 11) is -3.69. The summed E-state index contributed by atoms with van der Waals surface area (Å²) in [4.78, 5) is 11.1. The maximum atomic E-state index is 12.3. The van der Waals surface area contributed by atoms with Gasteiger partial charge in [-0.1, -0.05) is 13.3 Å². The number of hydrogen-bond acceptors (Lipinski definition) is 3. The van der Waals surface area contributed by atoms with Gasteiger partial charge in [-0.25, -0.2) is 17.9 Å². The lowest BCUT2D eigenvalue weighted by Crippen LogP contribution is -2.41. The SMILES string of the molecule is CCC1(CNS(=O)(=O)c2ccc(Br)c(C(=O)O)c2)CCC1. The van der Waals surface area contributed by atoms with Crippen LogP contribution in [0.4, 0.5) is 0 Å². The van der Waals surface area contributed by atoms with Crippen LogP contribution in [0.3, 0.4) is 0 Å². The molecule has 21 heavy (non-hydrogen) atoms. The molecule has 0 heterocycles. The van der Waals surface area contributed by atoms with Crippen LogP contribution in [0, 0.1) is 5.41 Å². The Morgan fingerprint density at radius 2 is 2.10 bits per heavy atom. The fourth-order valence-electron chi connectivity index (χ4n) is 2.50. The van der Waals surface area contributed by atoms with E-state index in [1.807, 2.05) is 0 Å². The zero-order chi connectivity index (χ0) is 15.7. The smallest absolute Gasteiger partial charge is 0.336 e. The molecule has 5 nitrogen and oxygen atoms in total. The van der Waals surface area contributed by atoms with Crippen molar-refractivity contribution in [1.29, 1.82) is 0 Å². The molecule has 1 aromatic carbocycles. The van der Waals surface area contributed by atoms with Gasteiger partial charge in [0.2, 0.25) is 10.0 Å². The minimum absolute atomic E-state index is 0.0197. The molecule has 1 fully saturated rings. The fourth-order valence-corrected chi connectivity index (χ4v) is 4.10. The fraction of sp³-hybridized carbons (Fsp3) is 0.500. The zero-order valence-electron chi connectivity index (χ0n) is 11.7. The molecule has 0 aliphatic heterocycles. The molecule has 0 unspecified atom stereocenters. The molecule has 1 aliphatic rings. The third kappa shape index (κ3) is 3.46. The Hall–Kier alpha value is -0.920. The summed E-state index contributed by atoms with van der Waals surface area (Å²) in [5.41, 5.74) is 0.00430. The first-order valence-corrected chi connectivity index (χ1v) is 9.10. The van der Waals surface area contributed by atoms with Gasteiger partial charge in [-0.2, -0.15) is 0 Å². The van der Waals surface area contributed by atoms with Gasteiger partial charge in [-0.3, -0.25) is 0 Å². The molecule has 116 valence electrons. The number of carbonyl (C=O) groups is 1. The van der Waals surface area contributed by atoms with Crippen molar-refractivity contribution in [2.75, 3.05) is 6.54 Å². The number of sulfonamides is 1. The zero-order valence-corrected chi connectivity index (χ0v) is 14.1. The molecular weight excluding hydrogens is 358 g/mol. The lowest BCUT2D eigenvalue weighted by molar-refractivity contribution is 0.0695. The Balaban J connectivity index is 2.20. The summed E-state index contributed by atoms with van der Waals surface area (Å²) in [5.74, 6) is -1.16. The Labute approximate surface area is 132 Å². The van der Waals surface area contributed by atoms with Crippen molar-refractivity contribution in [1.82, 2.24) is 4.72 Å². The Bertz CT molecular complexity index is 647. The molecule has 0 spiro atoms. The third-order valence-electron chi connectivity index (χ3n) is 4.28. The van der Waals surface area contributed by atoms with Gasteiger partial charge >= 0.3 is 5.97 Å². The van der Waals surface area contributed by atoms with Gasteiger partial charge in [-0.15, -0.1) is 0 Å². The summed E-state index contributed by atoms with van der Waals surface area (Å²) in [6.45, 7) is 2.47. The molecule has 0 saturated heterocycles. The van der Waals surface area contributed by atoms with Crippen molar-refractivity contribution in [2.24, 2.45) is 5.41 Å². The number of hydrogen-bond donors (Lipinski definition) is 2. The van der Waals surface area contributed by atoms with Gasteiger partial charge in [0.1, 0.15) is 0 Å². The lowest BCUT2D eigenvalue weighted by Gasteiger charge is -2.41. The van der Waals surface area contributed by atoms with Crippen molar-refractivity contribution in [3.05, 3.63) is 28.2 Å². The van der Waals surface area contributed by atoms with Crippen molar-refractivity contribution in [2.45, 2.75) is 37.5 Å². The molecule has 7 heteroatoms. The van der Waals surface area contributed by atoms with E-state index in [0.717, 1.165) is 25.7 Å². The van der Waals surface area contributed by atoms with Gasteiger partial charge in [0.25, 0.3) is 0 Å². The summed E-state index contributed by atoms with van der Waals surface area (Å²) in [5, 5.41) is 9.05. The second-order valence-corrected chi connectivity index (χ2v) is 8.10. The van der Waals surface area contributed by atoms with Crippen molar-refractivity contribution < 1.29 is 18.3 Å². The number of aromatic carboxylic acids is 1. The Morgan fingerprint density at radius 3 is 2.57 bits per heavy atom. The number of benzene rings is 1. The van der Waals surface area contributed by atoms with Crippen molar-refractivity contribution in [3.8, 4) is 0 Å². The molecule has 1 aliphatic carbocycles. The monoisotopic (exact) mass is 375 g/mol. The number of carboxylic acid groups (broad SMARTS) is 1. The van der Waals surface area contributed by atoms with Crippen LogP contribution in [-0.2, 0) is 10.0 Å². The summed E-state index contributed by atoms with van der Waals surface area (Å²) in [6, 6.07) is 4.02. The molecule has 0 amide bonds. The maximum Gasteiger partial charge on any atom is 0.336 e. The second-order valence-electron chi connectivity index (χ2n) is 5.48. The lowest BCUT2D eigenvalue weighted by atomic mass is 9.67. The van der Waals surface area contributed by atoms with E-state index < -0.39 is 16.0 Å². The Kier molecular flexibility index (Phi) is 4.75. The molecule has 0 atom stereocenters. The number of rotatable bonds is 6. The quantitative estimate of drug-likeness (QED) is 0.800. The van der Waals surface area contributed by atoms with Gasteiger partial charge in [0.15, 0.2) is 0 Å². The van der Waals surface area contributed by atoms with Gasteiger partial charge in [0, 0.05) is 11.0 Å². The predicted molar refractivity (Wildman–Crippen MR) is 82.9 cm³/mol. The van der Waals surface area contributed by atoms with Crippen LogP contribution in [0.1, 0.15) is 43.0 Å². The van der Waals surface area contributed by atoms with Gasteiger partial charge in [-0.05, 0) is 58.8 Å². The number of halogens is 1. The highest BCUT2D eigenvalue weighted by atomic mass is 79.9. The maximum absolute atomic E-state index is 12.3. The van der Waals surface area contributed by atoms with E-state index in [2.05, 4.69) is 27.6 Å². The van der Waals surface area contributed by atoms with Crippen molar-refractivity contribution >= 4 is 31.9 Å². The highest BCUT2D eigenvalue weighted by Gasteiger charge is 2.36. The summed E-state index contributed by atoms with van der Waals surface area (Å²) in [6.07, 6.45) is 4.15. The highest BCUT2D eigenvalue weighted by molar-refractivity contribution is 9.10. The molecule has 1 aromatic rings. The van der Waals surface area contributed by atoms with Gasteiger partial charge < -0.3 is 5.11 Å². The Morgan fingerprint density at radius 1 is 1.43 bits per heavy atom. The number of carboxylic acids is 1.